The van der Waals surface area contributed by atoms with Crippen molar-refractivity contribution in [1.82, 2.24) is 5.32 Å². The first-order valence-corrected chi connectivity index (χ1v) is 8.82. The van der Waals surface area contributed by atoms with Gasteiger partial charge in [0.1, 0.15) is 5.58 Å². The van der Waals surface area contributed by atoms with E-state index < -0.39 is 0 Å². The molecule has 3 aromatic rings. The third-order valence-electron chi connectivity index (χ3n) is 4.93. The molecule has 4 nitrogen and oxygen atoms in total. The van der Waals surface area contributed by atoms with Crippen molar-refractivity contribution in [2.45, 2.75) is 32.1 Å². The fourth-order valence-electron chi connectivity index (χ4n) is 3.55. The number of fused-ring (bicyclic) bond motifs is 2. The number of nitrogens with one attached hydrogen (secondary N) is 1. The number of rotatable bonds is 5. The van der Waals surface area contributed by atoms with Crippen LogP contribution in [0.4, 0.5) is 5.69 Å². The summed E-state index contributed by atoms with van der Waals surface area (Å²) in [6.07, 6.45) is 6.35. The fraction of sp³-hybridized carbons (Fsp3) is 0.286. The molecule has 3 N–H and O–H groups in total. The Balaban J connectivity index is 1.37. The molecule has 0 fully saturated rings. The molecule has 1 aromatic heterocycles. The molecule has 1 aliphatic carbocycles. The lowest BCUT2D eigenvalue weighted by Crippen LogP contribution is -2.27. The van der Waals surface area contributed by atoms with Gasteiger partial charge in [-0.15, -0.1) is 0 Å². The summed E-state index contributed by atoms with van der Waals surface area (Å²) in [5, 5.41) is 4.07. The molecule has 0 spiro atoms. The average molecular weight is 334 g/mol. The predicted octanol–water partition coefficient (Wildman–Crippen LogP) is 3.41. The largest absolute Gasteiger partial charge is 0.464 e. The normalized spacial score (nSPS) is 13.1. The summed E-state index contributed by atoms with van der Waals surface area (Å²) in [6.45, 7) is 0.619. The number of aryl methyl sites for hydroxylation is 2. The molecule has 0 saturated heterocycles. The van der Waals surface area contributed by atoms with Crippen molar-refractivity contribution in [1.29, 1.82) is 0 Å². The molecule has 25 heavy (non-hydrogen) atoms. The van der Waals surface area contributed by atoms with Crippen LogP contribution >= 0.6 is 0 Å². The van der Waals surface area contributed by atoms with Crippen LogP contribution in [0.2, 0.25) is 0 Å². The summed E-state index contributed by atoms with van der Waals surface area (Å²) in [5.41, 5.74) is 12.3. The number of hydrogen-bond acceptors (Lipinski definition) is 3. The zero-order chi connectivity index (χ0) is 17.2. The molecule has 0 bridgehead atoms. The molecule has 0 atom stereocenters. The molecule has 4 rings (SSSR count). The Bertz CT molecular complexity index is 910. The maximum Gasteiger partial charge on any atom is 0.224 e. The number of nitrogens with two attached hydrogens (primary N) is 1. The van der Waals surface area contributed by atoms with E-state index in [4.69, 9.17) is 10.2 Å². The van der Waals surface area contributed by atoms with Crippen molar-refractivity contribution in [2.75, 3.05) is 12.3 Å². The topological polar surface area (TPSA) is 68.3 Å². The summed E-state index contributed by atoms with van der Waals surface area (Å²) in [4.78, 5) is 12.3. The highest BCUT2D eigenvalue weighted by Gasteiger charge is 2.16. The monoisotopic (exact) mass is 334 g/mol. The van der Waals surface area contributed by atoms with Crippen LogP contribution in [0.3, 0.4) is 0 Å². The van der Waals surface area contributed by atoms with Crippen LogP contribution in [0.25, 0.3) is 11.0 Å². The highest BCUT2D eigenvalue weighted by atomic mass is 16.3. The van der Waals surface area contributed by atoms with Gasteiger partial charge in [-0.05, 0) is 66.6 Å². The first kappa shape index (κ1) is 15.8. The number of amides is 1. The SMILES string of the molecule is Nc1ccc(CCNC(=O)Cc2coc3cc4c(cc23)CCC4)cc1. The first-order chi connectivity index (χ1) is 12.2. The maximum absolute atomic E-state index is 12.3. The Hall–Kier alpha value is -2.75. The summed E-state index contributed by atoms with van der Waals surface area (Å²) >= 11 is 0. The third kappa shape index (κ3) is 3.38. The Labute approximate surface area is 147 Å². The van der Waals surface area contributed by atoms with E-state index in [1.54, 1.807) is 6.26 Å². The van der Waals surface area contributed by atoms with Crippen LogP contribution < -0.4 is 11.1 Å². The summed E-state index contributed by atoms with van der Waals surface area (Å²) in [7, 11) is 0. The minimum atomic E-state index is 0.0265. The summed E-state index contributed by atoms with van der Waals surface area (Å²) < 4.78 is 5.67. The van der Waals surface area contributed by atoms with E-state index in [1.807, 2.05) is 24.3 Å². The summed E-state index contributed by atoms with van der Waals surface area (Å²) in [6, 6.07) is 12.1. The van der Waals surface area contributed by atoms with Crippen molar-refractivity contribution < 1.29 is 9.21 Å². The van der Waals surface area contributed by atoms with Crippen molar-refractivity contribution in [3.8, 4) is 0 Å². The molecule has 1 amide bonds. The van der Waals surface area contributed by atoms with E-state index in [0.29, 0.717) is 13.0 Å². The van der Waals surface area contributed by atoms with E-state index in [1.165, 1.54) is 23.1 Å². The highest BCUT2D eigenvalue weighted by Crippen LogP contribution is 2.30. The van der Waals surface area contributed by atoms with Gasteiger partial charge < -0.3 is 15.5 Å². The van der Waals surface area contributed by atoms with Gasteiger partial charge >= 0.3 is 0 Å². The lowest BCUT2D eigenvalue weighted by Gasteiger charge is -2.06. The van der Waals surface area contributed by atoms with E-state index in [-0.39, 0.29) is 5.91 Å². The van der Waals surface area contributed by atoms with Crippen LogP contribution in [0.15, 0.2) is 47.1 Å². The van der Waals surface area contributed by atoms with Gasteiger partial charge in [0.2, 0.25) is 5.91 Å². The molecular weight excluding hydrogens is 312 g/mol. The van der Waals surface area contributed by atoms with Crippen LogP contribution in [0.1, 0.15) is 28.7 Å². The van der Waals surface area contributed by atoms with Crippen molar-refractivity contribution in [2.24, 2.45) is 0 Å². The predicted molar refractivity (Wildman–Crippen MR) is 99.5 cm³/mol. The third-order valence-corrected chi connectivity index (χ3v) is 4.93. The Morgan fingerprint density at radius 2 is 1.88 bits per heavy atom. The number of benzene rings is 2. The van der Waals surface area contributed by atoms with E-state index in [0.717, 1.165) is 41.5 Å². The summed E-state index contributed by atoms with van der Waals surface area (Å²) in [5.74, 6) is 0.0265. The number of furan rings is 1. The lowest BCUT2D eigenvalue weighted by molar-refractivity contribution is -0.120. The number of anilines is 1. The van der Waals surface area contributed by atoms with Gasteiger partial charge in [-0.3, -0.25) is 4.79 Å². The van der Waals surface area contributed by atoms with Crippen molar-refractivity contribution in [3.05, 3.63) is 64.9 Å². The number of carbonyl (C=O) groups excluding carboxylic acids is 1. The van der Waals surface area contributed by atoms with Crippen LogP contribution in [-0.4, -0.2) is 12.5 Å². The smallest absolute Gasteiger partial charge is 0.224 e. The van der Waals surface area contributed by atoms with Crippen LogP contribution in [0.5, 0.6) is 0 Å². The zero-order valence-electron chi connectivity index (χ0n) is 14.2. The second kappa shape index (κ2) is 6.63. The fourth-order valence-corrected chi connectivity index (χ4v) is 3.55. The zero-order valence-corrected chi connectivity index (χ0v) is 14.2. The molecule has 0 radical (unpaired) electrons. The van der Waals surface area contributed by atoms with Gasteiger partial charge in [0, 0.05) is 23.2 Å². The van der Waals surface area contributed by atoms with Crippen molar-refractivity contribution in [3.63, 3.8) is 0 Å². The minimum Gasteiger partial charge on any atom is -0.464 e. The van der Waals surface area contributed by atoms with Gasteiger partial charge in [-0.1, -0.05) is 12.1 Å². The molecule has 0 unspecified atom stereocenters. The molecule has 1 aliphatic rings. The molecular formula is C21H22N2O2. The molecule has 0 aliphatic heterocycles. The van der Waals surface area contributed by atoms with Gasteiger partial charge in [0.15, 0.2) is 0 Å². The Morgan fingerprint density at radius 1 is 1.12 bits per heavy atom. The van der Waals surface area contributed by atoms with Gasteiger partial charge in [-0.25, -0.2) is 0 Å². The quantitative estimate of drug-likeness (QED) is 0.703. The number of carbonyl (C=O) groups is 1. The first-order valence-electron chi connectivity index (χ1n) is 8.82. The second-order valence-electron chi connectivity index (χ2n) is 6.75. The Morgan fingerprint density at radius 3 is 2.68 bits per heavy atom. The van der Waals surface area contributed by atoms with E-state index >= 15 is 0 Å². The highest BCUT2D eigenvalue weighted by molar-refractivity contribution is 5.88. The van der Waals surface area contributed by atoms with E-state index in [9.17, 15) is 4.79 Å². The maximum atomic E-state index is 12.3. The molecule has 4 heteroatoms. The van der Waals surface area contributed by atoms with Gasteiger partial charge in [0.05, 0.1) is 12.7 Å². The standard InChI is InChI=1S/C21H22N2O2/c22-18-6-4-14(5-7-18)8-9-23-21(24)12-17-13-25-20-11-16-3-1-2-15(16)10-19(17)20/h4-7,10-11,13H,1-3,8-9,12,22H2,(H,23,24). The van der Waals surface area contributed by atoms with E-state index in [2.05, 4.69) is 17.4 Å². The van der Waals surface area contributed by atoms with Gasteiger partial charge in [0.25, 0.3) is 0 Å². The van der Waals surface area contributed by atoms with Crippen molar-refractivity contribution >= 4 is 22.6 Å². The molecule has 1 heterocycles. The molecule has 2 aromatic carbocycles. The lowest BCUT2D eigenvalue weighted by atomic mass is 10.0. The Kier molecular flexibility index (Phi) is 4.18. The number of hydrogen-bond donors (Lipinski definition) is 2. The minimum absolute atomic E-state index is 0.0265. The van der Waals surface area contributed by atoms with Crippen LogP contribution in [-0.2, 0) is 30.5 Å². The molecule has 0 saturated carbocycles. The van der Waals surface area contributed by atoms with Gasteiger partial charge in [-0.2, -0.15) is 0 Å². The average Bonchev–Trinajstić information content (AvgIpc) is 3.21. The molecule has 128 valence electrons. The second-order valence-corrected chi connectivity index (χ2v) is 6.75. The number of nitrogen functional groups attached to an aromatic ring is 1. The van der Waals surface area contributed by atoms with Crippen LogP contribution in [0, 0.1) is 0 Å².